The molecule has 0 spiro atoms. The quantitative estimate of drug-likeness (QED) is 0.173. The number of aromatic nitrogens is 2. The average Bonchev–Trinajstić information content (AvgIpc) is 3.01. The van der Waals surface area contributed by atoms with Crippen molar-refractivity contribution in [1.29, 1.82) is 0 Å². The Morgan fingerprint density at radius 1 is 0.884 bits per heavy atom. The van der Waals surface area contributed by atoms with E-state index in [0.717, 1.165) is 43.1 Å². The van der Waals surface area contributed by atoms with Crippen LogP contribution in [0.5, 0.6) is 0 Å². The topological polar surface area (TPSA) is 115 Å². The molecule has 3 aromatic carbocycles. The number of rotatable bonds is 9. The lowest BCUT2D eigenvalue weighted by Gasteiger charge is -2.34. The van der Waals surface area contributed by atoms with Gasteiger partial charge in [0.15, 0.2) is 0 Å². The van der Waals surface area contributed by atoms with Gasteiger partial charge in [-0.1, -0.05) is 30.3 Å². The van der Waals surface area contributed by atoms with Crippen LogP contribution in [0.3, 0.4) is 0 Å². The molecule has 0 radical (unpaired) electrons. The normalized spacial score (nSPS) is 13.2. The van der Waals surface area contributed by atoms with Crippen LogP contribution in [-0.2, 0) is 4.79 Å². The van der Waals surface area contributed by atoms with E-state index in [4.69, 9.17) is 11.6 Å². The van der Waals surface area contributed by atoms with Gasteiger partial charge in [0.1, 0.15) is 11.4 Å². The van der Waals surface area contributed by atoms with Crippen LogP contribution >= 0.6 is 11.6 Å². The Balaban J connectivity index is 1.39. The third-order valence-electron chi connectivity index (χ3n) is 7.09. The van der Waals surface area contributed by atoms with Crippen molar-refractivity contribution in [2.24, 2.45) is 0 Å². The van der Waals surface area contributed by atoms with Crippen LogP contribution in [0, 0.1) is 6.92 Å². The second-order valence-electron chi connectivity index (χ2n) is 10.2. The largest absolute Gasteiger partial charge is 0.369 e. The first-order valence-electron chi connectivity index (χ1n) is 13.8. The third kappa shape index (κ3) is 7.48. The van der Waals surface area contributed by atoms with Crippen LogP contribution in [0.15, 0.2) is 85.6 Å². The Bertz CT molecular complexity index is 1600. The van der Waals surface area contributed by atoms with Crippen LogP contribution in [0.4, 0.5) is 40.2 Å². The van der Waals surface area contributed by atoms with Gasteiger partial charge >= 0.3 is 0 Å². The highest BCUT2D eigenvalue weighted by Gasteiger charge is 2.18. The van der Waals surface area contributed by atoms with Gasteiger partial charge in [0, 0.05) is 55.1 Å². The molecular weight excluding hydrogens is 564 g/mol. The minimum atomic E-state index is -0.420. The molecule has 1 aromatic heterocycles. The molecule has 0 saturated carbocycles. The van der Waals surface area contributed by atoms with Crippen LogP contribution in [0.25, 0.3) is 0 Å². The van der Waals surface area contributed by atoms with E-state index >= 15 is 0 Å². The highest BCUT2D eigenvalue weighted by molar-refractivity contribution is 6.34. The number of nitrogens with zero attached hydrogens (tertiary/aromatic N) is 4. The number of amides is 2. The second-order valence-corrected chi connectivity index (χ2v) is 10.6. The summed E-state index contributed by atoms with van der Waals surface area (Å²) < 4.78 is 0. The van der Waals surface area contributed by atoms with Gasteiger partial charge in [0.2, 0.25) is 11.9 Å². The van der Waals surface area contributed by atoms with Crippen molar-refractivity contribution in [1.82, 2.24) is 14.9 Å². The molecule has 0 unspecified atom stereocenters. The van der Waals surface area contributed by atoms with E-state index in [2.05, 4.69) is 66.8 Å². The minimum absolute atomic E-state index is 0.222. The van der Waals surface area contributed by atoms with Gasteiger partial charge in [-0.3, -0.25) is 9.59 Å². The molecule has 1 saturated heterocycles. The molecule has 220 valence electrons. The number of carbonyl (C=O) groups is 2. The van der Waals surface area contributed by atoms with Crippen molar-refractivity contribution in [2.45, 2.75) is 6.92 Å². The van der Waals surface area contributed by atoms with E-state index in [1.807, 2.05) is 31.2 Å². The Kier molecular flexibility index (Phi) is 9.19. The van der Waals surface area contributed by atoms with Crippen molar-refractivity contribution in [2.75, 3.05) is 59.4 Å². The van der Waals surface area contributed by atoms with E-state index in [-0.39, 0.29) is 17.3 Å². The maximum Gasteiger partial charge on any atom is 0.261 e. The zero-order chi connectivity index (χ0) is 30.3. The number of anilines is 7. The Hall–Kier alpha value is -4.93. The Morgan fingerprint density at radius 3 is 2.21 bits per heavy atom. The predicted molar refractivity (Wildman–Crippen MR) is 174 cm³/mol. The van der Waals surface area contributed by atoms with Crippen molar-refractivity contribution >= 4 is 63.6 Å². The van der Waals surface area contributed by atoms with Gasteiger partial charge in [-0.2, -0.15) is 4.98 Å². The highest BCUT2D eigenvalue weighted by Crippen LogP contribution is 2.28. The molecule has 2 amide bonds. The third-order valence-corrected chi connectivity index (χ3v) is 7.40. The smallest absolute Gasteiger partial charge is 0.261 e. The number of carbonyl (C=O) groups excluding carboxylic acids is 2. The highest BCUT2D eigenvalue weighted by atomic mass is 35.5. The molecule has 2 heterocycles. The Labute approximate surface area is 255 Å². The summed E-state index contributed by atoms with van der Waals surface area (Å²) in [5.74, 6) is -0.124. The molecule has 1 aliphatic rings. The maximum absolute atomic E-state index is 13.4. The van der Waals surface area contributed by atoms with Gasteiger partial charge in [-0.25, -0.2) is 4.98 Å². The number of likely N-dealkylation sites (N-methyl/N-ethyl adjacent to an activating group) is 1. The fourth-order valence-corrected chi connectivity index (χ4v) is 4.86. The molecule has 4 N–H and O–H groups in total. The molecule has 10 nitrogen and oxygen atoms in total. The minimum Gasteiger partial charge on any atom is -0.369 e. The van der Waals surface area contributed by atoms with Gasteiger partial charge in [-0.15, -0.1) is 0 Å². The lowest BCUT2D eigenvalue weighted by Crippen LogP contribution is -2.44. The van der Waals surface area contributed by atoms with E-state index < -0.39 is 5.91 Å². The molecular formula is C32H33ClN8O2. The van der Waals surface area contributed by atoms with Crippen LogP contribution in [-0.4, -0.2) is 59.9 Å². The number of halogens is 1. The van der Waals surface area contributed by atoms with Crippen LogP contribution < -0.4 is 26.2 Å². The average molecular weight is 597 g/mol. The van der Waals surface area contributed by atoms with E-state index in [1.54, 1.807) is 30.3 Å². The number of para-hydroxylation sites is 1. The molecule has 4 aromatic rings. The van der Waals surface area contributed by atoms with Crippen molar-refractivity contribution in [3.8, 4) is 0 Å². The standard InChI is InChI=1S/C32H33ClN8O2/c1-4-28(42)35-22-8-10-23(11-9-22)36-30-26(31(43)38-29-21(2)6-5-7-27(29)33)20-34-32(39-30)37-24-12-14-25(15-13-24)41-18-16-40(3)17-19-41/h4-15,20H,1,16-19H2,2-3H3,(H,35,42)(H,38,43)(H2,34,36,37,39). The second kappa shape index (κ2) is 13.4. The summed E-state index contributed by atoms with van der Waals surface area (Å²) in [6.07, 6.45) is 2.67. The molecule has 1 fully saturated rings. The van der Waals surface area contributed by atoms with E-state index in [1.165, 1.54) is 12.3 Å². The fraction of sp³-hybridized carbons (Fsp3) is 0.188. The number of piperazine rings is 1. The number of nitrogens with one attached hydrogen (secondary N) is 4. The van der Waals surface area contributed by atoms with Crippen molar-refractivity contribution < 1.29 is 9.59 Å². The van der Waals surface area contributed by atoms with Gasteiger partial charge in [-0.05, 0) is 80.2 Å². The van der Waals surface area contributed by atoms with Gasteiger partial charge in [0.05, 0.1) is 10.7 Å². The number of hydrogen-bond donors (Lipinski definition) is 4. The van der Waals surface area contributed by atoms with Crippen LogP contribution in [0.2, 0.25) is 5.02 Å². The summed E-state index contributed by atoms with van der Waals surface area (Å²) in [6, 6.07) is 20.5. The number of benzene rings is 3. The van der Waals surface area contributed by atoms with Crippen LogP contribution in [0.1, 0.15) is 15.9 Å². The molecule has 11 heteroatoms. The summed E-state index contributed by atoms with van der Waals surface area (Å²) in [5, 5.41) is 12.5. The zero-order valence-electron chi connectivity index (χ0n) is 24.0. The summed E-state index contributed by atoms with van der Waals surface area (Å²) >= 11 is 6.36. The Morgan fingerprint density at radius 2 is 1.53 bits per heavy atom. The maximum atomic E-state index is 13.4. The lowest BCUT2D eigenvalue weighted by molar-refractivity contribution is -0.111. The van der Waals surface area contributed by atoms with Gasteiger partial charge in [0.25, 0.3) is 5.91 Å². The summed E-state index contributed by atoms with van der Waals surface area (Å²) in [7, 11) is 2.14. The molecule has 1 aliphatic heterocycles. The first kappa shape index (κ1) is 29.6. The molecule has 0 bridgehead atoms. The van der Waals surface area contributed by atoms with Crippen molar-refractivity contribution in [3.63, 3.8) is 0 Å². The molecule has 0 aliphatic carbocycles. The number of hydrogen-bond acceptors (Lipinski definition) is 8. The van der Waals surface area contributed by atoms with E-state index in [9.17, 15) is 9.59 Å². The summed E-state index contributed by atoms with van der Waals surface area (Å²) in [6.45, 7) is 9.38. The number of aryl methyl sites for hydroxylation is 1. The zero-order valence-corrected chi connectivity index (χ0v) is 24.8. The molecule has 5 rings (SSSR count). The summed E-state index contributed by atoms with van der Waals surface area (Å²) in [4.78, 5) is 38.9. The first-order valence-corrected chi connectivity index (χ1v) is 14.2. The molecule has 43 heavy (non-hydrogen) atoms. The summed E-state index contributed by atoms with van der Waals surface area (Å²) in [5.41, 5.74) is 4.80. The van der Waals surface area contributed by atoms with Gasteiger partial charge < -0.3 is 31.1 Å². The van der Waals surface area contributed by atoms with Crippen molar-refractivity contribution in [3.05, 3.63) is 102 Å². The first-order chi connectivity index (χ1) is 20.8. The fourth-order valence-electron chi connectivity index (χ4n) is 4.59. The predicted octanol–water partition coefficient (Wildman–Crippen LogP) is 6.05. The SMILES string of the molecule is C=CC(=O)Nc1ccc(Nc2nc(Nc3ccc(N4CCN(C)CC4)cc3)ncc2C(=O)Nc2c(C)cccc2Cl)cc1. The molecule has 0 atom stereocenters. The monoisotopic (exact) mass is 596 g/mol. The van der Waals surface area contributed by atoms with E-state index in [0.29, 0.717) is 28.0 Å². The lowest BCUT2D eigenvalue weighted by atomic mass is 10.2.